The van der Waals surface area contributed by atoms with Crippen LogP contribution in [0.1, 0.15) is 5.56 Å². The molecule has 0 atom stereocenters. The van der Waals surface area contributed by atoms with Gasteiger partial charge in [0.05, 0.1) is 0 Å². The molecule has 0 heterocycles. The fourth-order valence-electron chi connectivity index (χ4n) is 1.74. The van der Waals surface area contributed by atoms with Crippen molar-refractivity contribution in [3.63, 3.8) is 0 Å². The minimum absolute atomic E-state index is 0.231. The molecule has 0 bridgehead atoms. The molecule has 0 aromatic heterocycles. The van der Waals surface area contributed by atoms with Crippen molar-refractivity contribution in [3.05, 3.63) is 47.8 Å². The highest BCUT2D eigenvalue weighted by Crippen LogP contribution is 2.24. The van der Waals surface area contributed by atoms with Crippen LogP contribution >= 0.6 is 11.8 Å². The van der Waals surface area contributed by atoms with E-state index in [9.17, 15) is 12.8 Å². The van der Waals surface area contributed by atoms with Gasteiger partial charge in [0.15, 0.2) is 0 Å². The normalized spacial score (nSPS) is 11.4. The summed E-state index contributed by atoms with van der Waals surface area (Å²) in [6.07, 6.45) is 1.92. The third-order valence-electron chi connectivity index (χ3n) is 2.95. The largest absolute Gasteiger partial charge is 0.398 e. The van der Waals surface area contributed by atoms with E-state index < -0.39 is 20.7 Å². The number of nitrogens with one attached hydrogen (secondary N) is 1. The van der Waals surface area contributed by atoms with Crippen molar-refractivity contribution in [3.8, 4) is 0 Å². The van der Waals surface area contributed by atoms with Crippen molar-refractivity contribution >= 4 is 33.2 Å². The lowest BCUT2D eigenvalue weighted by Crippen LogP contribution is -2.15. The molecule has 4 nitrogen and oxygen atoms in total. The van der Waals surface area contributed by atoms with Gasteiger partial charge in [-0.3, -0.25) is 4.72 Å². The molecule has 7 heteroatoms. The molecule has 2 aromatic rings. The van der Waals surface area contributed by atoms with E-state index in [1.807, 2.05) is 6.26 Å². The lowest BCUT2D eigenvalue weighted by molar-refractivity contribution is 0.570. The SMILES string of the molecule is CSc1ccc(NS(=O)(=O)c2cc(N)c(C)cc2F)cc1. The van der Waals surface area contributed by atoms with Crippen molar-refractivity contribution < 1.29 is 12.8 Å². The van der Waals surface area contributed by atoms with E-state index in [1.54, 1.807) is 43.0 Å². The van der Waals surface area contributed by atoms with Crippen LogP contribution in [-0.4, -0.2) is 14.7 Å². The van der Waals surface area contributed by atoms with Gasteiger partial charge in [-0.1, -0.05) is 0 Å². The summed E-state index contributed by atoms with van der Waals surface area (Å²) < 4.78 is 40.7. The second-order valence-corrected chi connectivity index (χ2v) is 7.00. The highest BCUT2D eigenvalue weighted by molar-refractivity contribution is 7.98. The molecule has 0 aliphatic heterocycles. The lowest BCUT2D eigenvalue weighted by Gasteiger charge is -2.11. The molecule has 0 unspecified atom stereocenters. The molecule has 0 saturated heterocycles. The van der Waals surface area contributed by atoms with Crippen molar-refractivity contribution in [1.29, 1.82) is 0 Å². The number of nitrogen functional groups attached to an aromatic ring is 1. The molecular formula is C14H15FN2O2S2. The quantitative estimate of drug-likeness (QED) is 0.668. The number of anilines is 2. The molecule has 0 radical (unpaired) electrons. The summed E-state index contributed by atoms with van der Waals surface area (Å²) >= 11 is 1.54. The second-order valence-electron chi connectivity index (χ2n) is 4.47. The lowest BCUT2D eigenvalue weighted by atomic mass is 10.2. The Morgan fingerprint density at radius 1 is 1.19 bits per heavy atom. The van der Waals surface area contributed by atoms with Gasteiger partial charge in [0, 0.05) is 16.3 Å². The van der Waals surface area contributed by atoms with Crippen LogP contribution in [0.3, 0.4) is 0 Å². The van der Waals surface area contributed by atoms with Crippen molar-refractivity contribution in [2.24, 2.45) is 0 Å². The Labute approximate surface area is 127 Å². The summed E-state index contributed by atoms with van der Waals surface area (Å²) in [5, 5.41) is 0. The number of benzene rings is 2. The summed E-state index contributed by atoms with van der Waals surface area (Å²) in [6, 6.07) is 9.05. The molecule has 0 fully saturated rings. The average Bonchev–Trinajstić information content (AvgIpc) is 2.43. The first-order chi connectivity index (χ1) is 9.83. The zero-order valence-corrected chi connectivity index (χ0v) is 13.2. The topological polar surface area (TPSA) is 72.2 Å². The van der Waals surface area contributed by atoms with Gasteiger partial charge in [0.25, 0.3) is 10.0 Å². The molecular weight excluding hydrogens is 311 g/mol. The summed E-state index contributed by atoms with van der Waals surface area (Å²) in [6.45, 7) is 1.61. The number of halogens is 1. The van der Waals surface area contributed by atoms with Gasteiger partial charge >= 0.3 is 0 Å². The van der Waals surface area contributed by atoms with Crippen LogP contribution in [0, 0.1) is 12.7 Å². The van der Waals surface area contributed by atoms with Gasteiger partial charge in [-0.05, 0) is 55.1 Å². The van der Waals surface area contributed by atoms with Gasteiger partial charge in [0.2, 0.25) is 0 Å². The number of rotatable bonds is 4. The molecule has 2 rings (SSSR count). The molecule has 0 aliphatic rings. The zero-order valence-electron chi connectivity index (χ0n) is 11.6. The molecule has 21 heavy (non-hydrogen) atoms. The van der Waals surface area contributed by atoms with Gasteiger partial charge in [0.1, 0.15) is 10.7 Å². The number of sulfonamides is 1. The number of hydrogen-bond donors (Lipinski definition) is 2. The zero-order chi connectivity index (χ0) is 15.6. The van der Waals surface area contributed by atoms with E-state index in [1.165, 1.54) is 0 Å². The maximum absolute atomic E-state index is 13.9. The van der Waals surface area contributed by atoms with E-state index in [0.717, 1.165) is 17.0 Å². The highest BCUT2D eigenvalue weighted by atomic mass is 32.2. The maximum Gasteiger partial charge on any atom is 0.264 e. The molecule has 0 saturated carbocycles. The van der Waals surface area contributed by atoms with Crippen LogP contribution < -0.4 is 10.5 Å². The Bertz CT molecular complexity index is 759. The number of nitrogens with two attached hydrogens (primary N) is 1. The fourth-order valence-corrected chi connectivity index (χ4v) is 3.31. The van der Waals surface area contributed by atoms with Crippen LogP contribution in [0.25, 0.3) is 0 Å². The van der Waals surface area contributed by atoms with Crippen LogP contribution in [0.2, 0.25) is 0 Å². The number of aryl methyl sites for hydroxylation is 1. The predicted molar refractivity (Wildman–Crippen MR) is 84.6 cm³/mol. The van der Waals surface area contributed by atoms with Crippen molar-refractivity contribution in [2.75, 3.05) is 16.7 Å². The van der Waals surface area contributed by atoms with Crippen LogP contribution in [0.4, 0.5) is 15.8 Å². The van der Waals surface area contributed by atoms with E-state index in [-0.39, 0.29) is 5.69 Å². The monoisotopic (exact) mass is 326 g/mol. The Balaban J connectivity index is 2.35. The average molecular weight is 326 g/mol. The molecule has 3 N–H and O–H groups in total. The van der Waals surface area contributed by atoms with Gasteiger partial charge in [-0.15, -0.1) is 11.8 Å². The van der Waals surface area contributed by atoms with Gasteiger partial charge < -0.3 is 5.73 Å². The first-order valence-electron chi connectivity index (χ1n) is 6.06. The molecule has 112 valence electrons. The van der Waals surface area contributed by atoms with Crippen LogP contribution in [0.15, 0.2) is 46.2 Å². The summed E-state index contributed by atoms with van der Waals surface area (Å²) in [7, 11) is -4.01. The molecule has 0 aliphatic carbocycles. The van der Waals surface area contributed by atoms with Crippen LogP contribution in [-0.2, 0) is 10.0 Å². The summed E-state index contributed by atoms with van der Waals surface area (Å²) in [5.41, 5.74) is 6.75. The molecule has 0 spiro atoms. The Kier molecular flexibility index (Phi) is 4.43. The standard InChI is InChI=1S/C14H15FN2O2S2/c1-9-7-12(15)14(8-13(9)16)21(18,19)17-10-3-5-11(20-2)6-4-10/h3-8,17H,16H2,1-2H3. The minimum Gasteiger partial charge on any atom is -0.398 e. The van der Waals surface area contributed by atoms with Gasteiger partial charge in [-0.25, -0.2) is 12.8 Å². The number of thioether (sulfide) groups is 1. The van der Waals surface area contributed by atoms with Crippen LogP contribution in [0.5, 0.6) is 0 Å². The Morgan fingerprint density at radius 3 is 2.38 bits per heavy atom. The fraction of sp³-hybridized carbons (Fsp3) is 0.143. The van der Waals surface area contributed by atoms with Gasteiger partial charge in [-0.2, -0.15) is 0 Å². The maximum atomic E-state index is 13.9. The molecule has 0 amide bonds. The van der Waals surface area contributed by atoms with E-state index in [4.69, 9.17) is 5.73 Å². The second kappa shape index (κ2) is 5.95. The minimum atomic E-state index is -4.01. The van der Waals surface area contributed by atoms with E-state index >= 15 is 0 Å². The Morgan fingerprint density at radius 2 is 1.81 bits per heavy atom. The van der Waals surface area contributed by atoms with E-state index in [2.05, 4.69) is 4.72 Å². The Hall–Kier alpha value is -1.73. The third-order valence-corrected chi connectivity index (χ3v) is 5.09. The first kappa shape index (κ1) is 15.7. The highest BCUT2D eigenvalue weighted by Gasteiger charge is 2.20. The smallest absolute Gasteiger partial charge is 0.264 e. The predicted octanol–water partition coefficient (Wildman–Crippen LogP) is 3.24. The number of hydrogen-bond acceptors (Lipinski definition) is 4. The van der Waals surface area contributed by atoms with E-state index in [0.29, 0.717) is 11.3 Å². The third kappa shape index (κ3) is 3.48. The first-order valence-corrected chi connectivity index (χ1v) is 8.77. The van der Waals surface area contributed by atoms with Crippen molar-refractivity contribution in [1.82, 2.24) is 0 Å². The summed E-state index contributed by atoms with van der Waals surface area (Å²) in [5.74, 6) is -0.824. The van der Waals surface area contributed by atoms with Crippen molar-refractivity contribution in [2.45, 2.75) is 16.7 Å². The summed E-state index contributed by atoms with van der Waals surface area (Å²) in [4.78, 5) is 0.545. The molecule has 2 aromatic carbocycles.